The number of hydrogen-bond donors (Lipinski definition) is 3. The SMILES string of the molecule is Cc1cc(C)cc(CC2=C3N=CC4=C3N(C2)C[C@@H]2C3=C(C(=O)C[C@]3(C)[C@@]3(C)CC[C@@H]5C(C)(C)C(=O)[C@@H](CCCO)C[C@@]5(C)[C@@H]3[C@@H]2O)[C@](C)(C[C@@H](O)[C@@H]2OC2(C)C)CC4)c1. The van der Waals surface area contributed by atoms with Gasteiger partial charge in [0.15, 0.2) is 5.78 Å². The lowest BCUT2D eigenvalue weighted by atomic mass is 9.34. The zero-order valence-corrected chi connectivity index (χ0v) is 37.5. The van der Waals surface area contributed by atoms with Crippen molar-refractivity contribution in [2.45, 2.75) is 157 Å². The minimum absolute atomic E-state index is 0.0596. The molecule has 4 aliphatic carbocycles. The lowest BCUT2D eigenvalue weighted by Crippen LogP contribution is -2.69. The van der Waals surface area contributed by atoms with Crippen molar-refractivity contribution in [3.05, 3.63) is 68.6 Å². The highest BCUT2D eigenvalue weighted by atomic mass is 16.6. The second kappa shape index (κ2) is 13.5. The van der Waals surface area contributed by atoms with Crippen molar-refractivity contribution < 1.29 is 29.6 Å². The van der Waals surface area contributed by atoms with Gasteiger partial charge in [0.25, 0.3) is 0 Å². The number of epoxide rings is 1. The van der Waals surface area contributed by atoms with Gasteiger partial charge in [-0.3, -0.25) is 14.6 Å². The van der Waals surface area contributed by atoms with Crippen molar-refractivity contribution in [2.24, 2.45) is 55.7 Å². The van der Waals surface area contributed by atoms with E-state index in [9.17, 15) is 20.1 Å². The average molecular weight is 807 g/mol. The molecule has 0 amide bonds. The van der Waals surface area contributed by atoms with Gasteiger partial charge in [-0.2, -0.15) is 0 Å². The quantitative estimate of drug-likeness (QED) is 0.227. The maximum Gasteiger partial charge on any atom is 0.160 e. The number of ether oxygens (including phenoxy) is 1. The van der Waals surface area contributed by atoms with Crippen LogP contribution in [0.2, 0.25) is 0 Å². The fourth-order valence-electron chi connectivity index (χ4n) is 15.6. The van der Waals surface area contributed by atoms with Gasteiger partial charge in [-0.05, 0) is 136 Å². The van der Waals surface area contributed by atoms with E-state index in [1.54, 1.807) is 0 Å². The Labute approximate surface area is 352 Å². The van der Waals surface area contributed by atoms with Gasteiger partial charge in [0, 0.05) is 60.6 Å². The molecular weight excluding hydrogens is 737 g/mol. The normalized spacial score (nSPS) is 40.9. The smallest absolute Gasteiger partial charge is 0.160 e. The van der Waals surface area contributed by atoms with Gasteiger partial charge in [0.05, 0.1) is 29.2 Å². The van der Waals surface area contributed by atoms with Crippen LogP contribution < -0.4 is 0 Å². The number of aliphatic hydroxyl groups excluding tert-OH is 3. The number of hydrogen-bond acceptors (Lipinski definition) is 8. The van der Waals surface area contributed by atoms with Gasteiger partial charge in [-0.15, -0.1) is 0 Å². The van der Waals surface area contributed by atoms with Crippen LogP contribution in [0.25, 0.3) is 0 Å². The first kappa shape index (κ1) is 41.4. The molecule has 4 heterocycles. The highest BCUT2D eigenvalue weighted by Crippen LogP contribution is 2.76. The van der Waals surface area contributed by atoms with E-state index in [0.717, 1.165) is 49.1 Å². The summed E-state index contributed by atoms with van der Waals surface area (Å²) in [6.07, 6.45) is 6.96. The van der Waals surface area contributed by atoms with Crippen molar-refractivity contribution in [2.75, 3.05) is 19.7 Å². The third-order valence-corrected chi connectivity index (χ3v) is 18.1. The predicted octanol–water partition coefficient (Wildman–Crippen LogP) is 8.18. The Morgan fingerprint density at radius 1 is 1.00 bits per heavy atom. The summed E-state index contributed by atoms with van der Waals surface area (Å²) in [5.41, 5.74) is 7.57. The molecule has 0 spiro atoms. The molecule has 4 aliphatic heterocycles. The van der Waals surface area contributed by atoms with Crippen LogP contribution >= 0.6 is 0 Å². The number of aliphatic imine (C=N–C) groups is 1. The molecule has 8 heteroatoms. The minimum Gasteiger partial charge on any atom is -0.396 e. The van der Waals surface area contributed by atoms with Gasteiger partial charge in [0.1, 0.15) is 11.9 Å². The number of carbonyl (C=O) groups is 2. The highest BCUT2D eigenvalue weighted by molar-refractivity contribution is 6.02. The number of fused-ring (bicyclic) bond motifs is 4. The van der Waals surface area contributed by atoms with E-state index in [1.165, 1.54) is 33.5 Å². The Morgan fingerprint density at radius 3 is 2.36 bits per heavy atom. The van der Waals surface area contributed by atoms with Crippen LogP contribution in [0, 0.1) is 64.6 Å². The first-order valence-corrected chi connectivity index (χ1v) is 22.9. The summed E-state index contributed by atoms with van der Waals surface area (Å²) in [6.45, 7) is 23.3. The number of carbonyl (C=O) groups excluding carboxylic acids is 2. The molecule has 3 saturated carbocycles. The molecule has 9 rings (SSSR count). The van der Waals surface area contributed by atoms with Crippen molar-refractivity contribution in [3.8, 4) is 0 Å². The Bertz CT molecular complexity index is 2110. The Balaban J connectivity index is 1.20. The second-order valence-electron chi connectivity index (χ2n) is 22.8. The summed E-state index contributed by atoms with van der Waals surface area (Å²) >= 11 is 0. The molecular formula is C51H70N2O6. The first-order chi connectivity index (χ1) is 27.6. The summed E-state index contributed by atoms with van der Waals surface area (Å²) in [4.78, 5) is 37.2. The topological polar surface area (TPSA) is 123 Å². The molecule has 8 nitrogen and oxygen atoms in total. The first-order valence-electron chi connectivity index (χ1n) is 22.9. The zero-order chi connectivity index (χ0) is 42.4. The van der Waals surface area contributed by atoms with E-state index in [1.807, 2.05) is 13.8 Å². The molecule has 1 aromatic rings. The molecule has 0 unspecified atom stereocenters. The zero-order valence-electron chi connectivity index (χ0n) is 37.5. The molecule has 0 radical (unpaired) electrons. The molecule has 1 aromatic carbocycles. The van der Waals surface area contributed by atoms with Crippen LogP contribution in [0.15, 0.2) is 56.9 Å². The maximum atomic E-state index is 15.2. The molecule has 0 bridgehead atoms. The van der Waals surface area contributed by atoms with Crippen LogP contribution in [0.1, 0.15) is 130 Å². The summed E-state index contributed by atoms with van der Waals surface area (Å²) in [5.74, 6) is -0.0906. The lowest BCUT2D eigenvalue weighted by Gasteiger charge is -2.70. The van der Waals surface area contributed by atoms with Crippen LogP contribution in [0.4, 0.5) is 0 Å². The lowest BCUT2D eigenvalue weighted by molar-refractivity contribution is -0.225. The molecule has 8 aliphatic rings. The molecule has 4 fully saturated rings. The van der Waals surface area contributed by atoms with Crippen molar-refractivity contribution in [1.29, 1.82) is 0 Å². The third kappa shape index (κ3) is 5.98. The molecule has 1 saturated heterocycles. The Kier molecular flexibility index (Phi) is 9.51. The standard InChI is InChI=1S/C51H70N2O6/c1-28-18-29(2)20-30(19-28)21-33-26-53-27-34-38-39(48(7,23-36(56)45-47(5,6)59-45)15-13-32-25-52-40(33)41(32)53)35(55)24-51(38,10)50(9)16-14-37-46(3,4)44(58)31(12-11-17-54)22-49(37,8)43(50)42(34)57/h18-20,25,31,34,36-37,42-43,45,54,56-57H,11-17,21-24,26-27H2,1-10H3/t31-,34+,36+,37+,42+,43-,45-,48-,49+,50-,51-/m0/s1. The van der Waals surface area contributed by atoms with Crippen molar-refractivity contribution in [3.63, 3.8) is 0 Å². The number of aliphatic hydroxyl groups is 3. The van der Waals surface area contributed by atoms with Gasteiger partial charge in [0.2, 0.25) is 0 Å². The summed E-state index contributed by atoms with van der Waals surface area (Å²) in [6, 6.07) is 6.78. The van der Waals surface area contributed by atoms with E-state index in [0.29, 0.717) is 50.9 Å². The van der Waals surface area contributed by atoms with Gasteiger partial charge < -0.3 is 25.0 Å². The summed E-state index contributed by atoms with van der Waals surface area (Å²) < 4.78 is 6.02. The summed E-state index contributed by atoms with van der Waals surface area (Å²) in [7, 11) is 0. The van der Waals surface area contributed by atoms with E-state index in [-0.39, 0.29) is 47.6 Å². The van der Waals surface area contributed by atoms with E-state index in [4.69, 9.17) is 9.73 Å². The predicted molar refractivity (Wildman–Crippen MR) is 231 cm³/mol. The average Bonchev–Trinajstić information content (AvgIpc) is 3.39. The number of allylic oxidation sites excluding steroid dienone is 2. The minimum atomic E-state index is -0.753. The van der Waals surface area contributed by atoms with Gasteiger partial charge in [-0.1, -0.05) is 70.9 Å². The number of rotatable bonds is 8. The van der Waals surface area contributed by atoms with Crippen molar-refractivity contribution in [1.82, 2.24) is 4.90 Å². The van der Waals surface area contributed by atoms with E-state index in [2.05, 4.69) is 84.7 Å². The van der Waals surface area contributed by atoms with Crippen LogP contribution in [0.5, 0.6) is 0 Å². The Hall–Kier alpha value is -2.91. The number of Topliss-reactive ketones (excluding diaryl/α,β-unsaturated/α-hetero) is 2. The molecule has 11 atom stereocenters. The van der Waals surface area contributed by atoms with Crippen LogP contribution in [-0.2, 0) is 20.7 Å². The van der Waals surface area contributed by atoms with E-state index >= 15 is 4.79 Å². The molecule has 0 aromatic heterocycles. The van der Waals surface area contributed by atoms with Gasteiger partial charge in [-0.25, -0.2) is 0 Å². The van der Waals surface area contributed by atoms with Crippen molar-refractivity contribution >= 4 is 17.8 Å². The van der Waals surface area contributed by atoms with E-state index < -0.39 is 39.5 Å². The molecule has 3 N–H and O–H groups in total. The summed E-state index contributed by atoms with van der Waals surface area (Å²) in [5, 5.41) is 35.4. The number of nitrogens with zero attached hydrogens (tertiary/aromatic N) is 2. The maximum absolute atomic E-state index is 15.2. The number of aryl methyl sites for hydroxylation is 2. The Morgan fingerprint density at radius 2 is 1.69 bits per heavy atom. The largest absolute Gasteiger partial charge is 0.396 e. The highest BCUT2D eigenvalue weighted by Gasteiger charge is 2.73. The number of ketones is 2. The molecule has 59 heavy (non-hydrogen) atoms. The fourth-order valence-corrected chi connectivity index (χ4v) is 15.6. The number of benzene rings is 1. The second-order valence-corrected chi connectivity index (χ2v) is 22.8. The van der Waals surface area contributed by atoms with Crippen LogP contribution in [0.3, 0.4) is 0 Å². The van der Waals surface area contributed by atoms with Gasteiger partial charge >= 0.3 is 0 Å². The fraction of sp³-hybridized carbons (Fsp3) is 0.706. The monoisotopic (exact) mass is 807 g/mol. The third-order valence-electron chi connectivity index (χ3n) is 18.1. The van der Waals surface area contributed by atoms with Crippen LogP contribution in [-0.4, -0.2) is 81.6 Å². The molecule has 320 valence electrons.